The zero-order valence-corrected chi connectivity index (χ0v) is 16.8. The summed E-state index contributed by atoms with van der Waals surface area (Å²) in [5.74, 6) is 2.74. The van der Waals surface area contributed by atoms with Crippen LogP contribution in [0, 0.1) is 13.8 Å². The molecular formula is C26H20N2O2. The highest BCUT2D eigenvalue weighted by atomic mass is 16.4. The van der Waals surface area contributed by atoms with Gasteiger partial charge >= 0.3 is 0 Å². The Morgan fingerprint density at radius 2 is 0.900 bits per heavy atom. The van der Waals surface area contributed by atoms with Gasteiger partial charge in [-0.25, -0.2) is 9.97 Å². The van der Waals surface area contributed by atoms with E-state index in [2.05, 4.69) is 9.97 Å². The van der Waals surface area contributed by atoms with Gasteiger partial charge in [-0.15, -0.1) is 0 Å². The summed E-state index contributed by atoms with van der Waals surface area (Å²) in [5, 5.41) is 0. The van der Waals surface area contributed by atoms with Crippen molar-refractivity contribution in [3.63, 3.8) is 0 Å². The maximum atomic E-state index is 6.11. The van der Waals surface area contributed by atoms with Crippen molar-refractivity contribution in [3.05, 3.63) is 96.3 Å². The van der Waals surface area contributed by atoms with Gasteiger partial charge in [0, 0.05) is 22.3 Å². The van der Waals surface area contributed by atoms with Crippen LogP contribution < -0.4 is 0 Å². The Balaban J connectivity index is 1.52. The van der Waals surface area contributed by atoms with Gasteiger partial charge in [-0.1, -0.05) is 66.7 Å². The molecule has 0 fully saturated rings. The average Bonchev–Trinajstić information content (AvgIpc) is 3.38. The van der Waals surface area contributed by atoms with Crippen molar-refractivity contribution >= 4 is 0 Å². The van der Waals surface area contributed by atoms with Gasteiger partial charge in [0.1, 0.15) is 0 Å². The first kappa shape index (κ1) is 18.1. The zero-order chi connectivity index (χ0) is 20.5. The predicted molar refractivity (Wildman–Crippen MR) is 118 cm³/mol. The van der Waals surface area contributed by atoms with Crippen LogP contribution in [0.1, 0.15) is 11.4 Å². The first-order chi connectivity index (χ1) is 14.7. The maximum Gasteiger partial charge on any atom is 0.227 e. The molecule has 0 saturated carbocycles. The van der Waals surface area contributed by atoms with Gasteiger partial charge in [0.05, 0.1) is 11.4 Å². The summed E-state index contributed by atoms with van der Waals surface area (Å²) in [6, 6.07) is 28.0. The minimum atomic E-state index is 0.583. The summed E-state index contributed by atoms with van der Waals surface area (Å²) < 4.78 is 12.2. The highest BCUT2D eigenvalue weighted by Crippen LogP contribution is 2.33. The Morgan fingerprint density at radius 3 is 1.33 bits per heavy atom. The van der Waals surface area contributed by atoms with Gasteiger partial charge in [-0.3, -0.25) is 0 Å². The monoisotopic (exact) mass is 392 g/mol. The van der Waals surface area contributed by atoms with E-state index in [1.165, 1.54) is 0 Å². The fraction of sp³-hybridized carbons (Fsp3) is 0.0769. The topological polar surface area (TPSA) is 52.1 Å². The Bertz CT molecular complexity index is 1200. The molecule has 0 unspecified atom stereocenters. The molecule has 5 aromatic rings. The molecule has 4 heteroatoms. The molecule has 0 aliphatic heterocycles. The number of aromatic nitrogens is 2. The third-order valence-corrected chi connectivity index (χ3v) is 5.02. The normalized spacial score (nSPS) is 11.0. The molecule has 4 nitrogen and oxygen atoms in total. The molecule has 2 heterocycles. The van der Waals surface area contributed by atoms with E-state index in [1.54, 1.807) is 0 Å². The van der Waals surface area contributed by atoms with E-state index in [0.717, 1.165) is 45.2 Å². The van der Waals surface area contributed by atoms with Crippen LogP contribution in [0.4, 0.5) is 0 Å². The smallest absolute Gasteiger partial charge is 0.227 e. The van der Waals surface area contributed by atoms with E-state index >= 15 is 0 Å². The summed E-state index contributed by atoms with van der Waals surface area (Å²) in [5.41, 5.74) is 5.52. The van der Waals surface area contributed by atoms with Gasteiger partial charge in [0.2, 0.25) is 11.8 Å². The third-order valence-electron chi connectivity index (χ3n) is 5.02. The molecule has 0 saturated heterocycles. The van der Waals surface area contributed by atoms with Crippen molar-refractivity contribution in [2.45, 2.75) is 13.8 Å². The highest BCUT2D eigenvalue weighted by Gasteiger charge is 2.16. The lowest BCUT2D eigenvalue weighted by Gasteiger charge is -2.00. The molecule has 0 N–H and O–H groups in total. The van der Waals surface area contributed by atoms with Crippen molar-refractivity contribution in [3.8, 4) is 45.6 Å². The number of oxazole rings is 2. The number of hydrogen-bond donors (Lipinski definition) is 0. The van der Waals surface area contributed by atoms with Crippen LogP contribution in [0.5, 0.6) is 0 Å². The van der Waals surface area contributed by atoms with E-state index < -0.39 is 0 Å². The lowest BCUT2D eigenvalue weighted by Crippen LogP contribution is -1.82. The van der Waals surface area contributed by atoms with Gasteiger partial charge in [-0.05, 0) is 32.0 Å². The molecule has 146 valence electrons. The Morgan fingerprint density at radius 1 is 0.500 bits per heavy atom. The van der Waals surface area contributed by atoms with Gasteiger partial charge < -0.3 is 8.83 Å². The van der Waals surface area contributed by atoms with Crippen molar-refractivity contribution in [2.75, 3.05) is 0 Å². The van der Waals surface area contributed by atoms with E-state index in [4.69, 9.17) is 8.83 Å². The van der Waals surface area contributed by atoms with Gasteiger partial charge in [0.15, 0.2) is 11.5 Å². The number of aryl methyl sites for hydroxylation is 2. The van der Waals surface area contributed by atoms with Crippen LogP contribution in [0.15, 0.2) is 93.8 Å². The minimum absolute atomic E-state index is 0.583. The maximum absolute atomic E-state index is 6.11. The molecule has 0 aliphatic carbocycles. The van der Waals surface area contributed by atoms with Gasteiger partial charge in [0.25, 0.3) is 0 Å². The van der Waals surface area contributed by atoms with Crippen molar-refractivity contribution in [1.82, 2.24) is 9.97 Å². The molecule has 0 spiro atoms. The van der Waals surface area contributed by atoms with Crippen LogP contribution in [0.3, 0.4) is 0 Å². The summed E-state index contributed by atoms with van der Waals surface area (Å²) in [4.78, 5) is 9.29. The minimum Gasteiger partial charge on any atom is -0.436 e. The first-order valence-corrected chi connectivity index (χ1v) is 9.85. The van der Waals surface area contributed by atoms with Crippen LogP contribution >= 0.6 is 0 Å². The number of benzene rings is 3. The average molecular weight is 392 g/mol. The number of nitrogens with zero attached hydrogens (tertiary/aromatic N) is 2. The fourth-order valence-corrected chi connectivity index (χ4v) is 3.54. The summed E-state index contributed by atoms with van der Waals surface area (Å²) in [6.45, 7) is 3.92. The molecule has 0 atom stereocenters. The predicted octanol–water partition coefficient (Wildman–Crippen LogP) is 6.95. The summed E-state index contributed by atoms with van der Waals surface area (Å²) in [6.07, 6.45) is 0. The molecule has 0 amide bonds. The zero-order valence-electron chi connectivity index (χ0n) is 16.8. The quantitative estimate of drug-likeness (QED) is 0.332. The van der Waals surface area contributed by atoms with Crippen molar-refractivity contribution in [1.29, 1.82) is 0 Å². The number of rotatable bonds is 4. The number of hydrogen-bond acceptors (Lipinski definition) is 4. The molecule has 30 heavy (non-hydrogen) atoms. The summed E-state index contributed by atoms with van der Waals surface area (Å²) >= 11 is 0. The Kier molecular flexibility index (Phi) is 4.52. The third kappa shape index (κ3) is 3.33. The molecule has 0 radical (unpaired) electrons. The van der Waals surface area contributed by atoms with Gasteiger partial charge in [-0.2, -0.15) is 0 Å². The first-order valence-electron chi connectivity index (χ1n) is 9.85. The van der Waals surface area contributed by atoms with E-state index in [-0.39, 0.29) is 0 Å². The Hall–Kier alpha value is -3.92. The van der Waals surface area contributed by atoms with E-state index in [1.807, 2.05) is 98.8 Å². The SMILES string of the molecule is Cc1nc(-c2cccc(-c3nc(C)c(-c4ccccc4)o3)c2)oc1-c1ccccc1. The lowest BCUT2D eigenvalue weighted by atomic mass is 10.1. The molecule has 0 aliphatic rings. The molecule has 2 aromatic heterocycles. The fourth-order valence-electron chi connectivity index (χ4n) is 3.54. The second kappa shape index (κ2) is 7.48. The van der Waals surface area contributed by atoms with Crippen molar-refractivity contribution in [2.24, 2.45) is 0 Å². The lowest BCUT2D eigenvalue weighted by molar-refractivity contribution is 0.586. The molecular weight excluding hydrogens is 372 g/mol. The van der Waals surface area contributed by atoms with Crippen LogP contribution in [-0.4, -0.2) is 9.97 Å². The van der Waals surface area contributed by atoms with E-state index in [0.29, 0.717) is 11.8 Å². The second-order valence-electron chi connectivity index (χ2n) is 7.18. The molecule has 3 aromatic carbocycles. The van der Waals surface area contributed by atoms with Crippen LogP contribution in [-0.2, 0) is 0 Å². The standard InChI is InChI=1S/C26H20N2O2/c1-17-23(19-10-5-3-6-11-19)29-25(27-17)21-14-9-15-22(16-21)26-28-18(2)24(30-26)20-12-7-4-8-13-20/h3-16H,1-2H3. The largest absolute Gasteiger partial charge is 0.436 e. The Labute approximate surface area is 174 Å². The summed E-state index contributed by atoms with van der Waals surface area (Å²) in [7, 11) is 0. The van der Waals surface area contributed by atoms with Crippen LogP contribution in [0.2, 0.25) is 0 Å². The van der Waals surface area contributed by atoms with Crippen molar-refractivity contribution < 1.29 is 8.83 Å². The molecule has 0 bridgehead atoms. The highest BCUT2D eigenvalue weighted by molar-refractivity contribution is 5.69. The van der Waals surface area contributed by atoms with E-state index in [9.17, 15) is 0 Å². The second-order valence-corrected chi connectivity index (χ2v) is 7.18. The molecule has 5 rings (SSSR count). The van der Waals surface area contributed by atoms with Crippen LogP contribution in [0.25, 0.3) is 45.6 Å².